The maximum absolute atomic E-state index is 13.3. The summed E-state index contributed by atoms with van der Waals surface area (Å²) in [5.74, 6) is 2.66. The average Bonchev–Trinajstić information content (AvgIpc) is 3.45. The lowest BCUT2D eigenvalue weighted by Gasteiger charge is -2.50. The number of hydrogen-bond donors (Lipinski definition) is 3. The molecule has 0 radical (unpaired) electrons. The molecule has 3 aliphatic rings. The quantitative estimate of drug-likeness (QED) is 0.400. The van der Waals surface area contributed by atoms with Crippen molar-refractivity contribution >= 4 is 28.3 Å². The van der Waals surface area contributed by atoms with Gasteiger partial charge in [-0.05, 0) is 104 Å². The number of carbonyl (C=O) groups is 2. The number of nitrogens with zero attached hydrogens (tertiary/aromatic N) is 1. The molecule has 2 aromatic carbocycles. The van der Waals surface area contributed by atoms with Crippen molar-refractivity contribution in [2.75, 3.05) is 12.4 Å². The van der Waals surface area contributed by atoms with E-state index in [0.717, 1.165) is 55.1 Å². The number of Topliss-reactive ketones (excluding diaryl/α,β-unsaturated/α-hetero) is 1. The number of amides is 1. The molecule has 5 atom stereocenters. The summed E-state index contributed by atoms with van der Waals surface area (Å²) in [5.41, 5.74) is 3.92. The largest absolute Gasteiger partial charge is 0.504 e. The summed E-state index contributed by atoms with van der Waals surface area (Å²) in [6.45, 7) is 2.20. The molecule has 37 heavy (non-hydrogen) atoms. The lowest BCUT2D eigenvalue weighted by Crippen LogP contribution is -2.44. The number of methoxy groups -OCH3 is 1. The summed E-state index contributed by atoms with van der Waals surface area (Å²) >= 11 is 0. The summed E-state index contributed by atoms with van der Waals surface area (Å²) in [7, 11) is 1.59. The number of fused-ring (bicyclic) bond motifs is 6. The van der Waals surface area contributed by atoms with Crippen LogP contribution in [0.1, 0.15) is 68.9 Å². The topological polar surface area (TPSA) is 104 Å². The third kappa shape index (κ3) is 4.09. The van der Waals surface area contributed by atoms with Crippen LogP contribution in [0.15, 0.2) is 36.5 Å². The maximum atomic E-state index is 13.3. The Hall–Kier alpha value is -3.35. The molecule has 3 N–H and O–H groups in total. The van der Waals surface area contributed by atoms with E-state index < -0.39 is 0 Å². The summed E-state index contributed by atoms with van der Waals surface area (Å²) in [6.07, 6.45) is 8.39. The van der Waals surface area contributed by atoms with Crippen molar-refractivity contribution in [3.63, 3.8) is 0 Å². The number of phenolic OH excluding ortho intramolecular Hbond substituents is 1. The Morgan fingerprint density at radius 3 is 2.97 bits per heavy atom. The predicted octanol–water partition coefficient (Wildman–Crippen LogP) is 5.74. The zero-order valence-corrected chi connectivity index (χ0v) is 21.5. The molecule has 7 nitrogen and oxygen atoms in total. The zero-order valence-electron chi connectivity index (χ0n) is 21.5. The van der Waals surface area contributed by atoms with Crippen LogP contribution in [0.3, 0.4) is 0 Å². The number of aromatic hydroxyl groups is 1. The van der Waals surface area contributed by atoms with Gasteiger partial charge in [0.15, 0.2) is 11.5 Å². The van der Waals surface area contributed by atoms with Gasteiger partial charge in [0.1, 0.15) is 5.78 Å². The highest BCUT2D eigenvalue weighted by Gasteiger charge is 2.58. The van der Waals surface area contributed by atoms with Crippen molar-refractivity contribution in [3.05, 3.63) is 47.7 Å². The number of aromatic nitrogens is 2. The van der Waals surface area contributed by atoms with E-state index in [1.807, 2.05) is 30.3 Å². The van der Waals surface area contributed by atoms with E-state index in [9.17, 15) is 14.7 Å². The highest BCUT2D eigenvalue weighted by atomic mass is 16.5. The standard InChI is InChI=1S/C30H35N3O4/c1-30-11-10-21-22(9-7-17-12-25(34)26(37-2)15-23(17)21)29(30)18(13-27(30)35)4-3-5-28(36)32-20-8-6-19-16-31-33-24(19)14-20/h6,8,12,14-16,18,21-22,29,34H,3-5,7,9-11,13H2,1-2H3,(H,31,33)(H,32,36)/t18-,21-,22+,29-,30?/m0/s1. The number of ether oxygens (including phenoxy) is 1. The normalized spacial score (nSPS) is 28.4. The Balaban J connectivity index is 1.14. The number of rotatable bonds is 6. The summed E-state index contributed by atoms with van der Waals surface area (Å²) < 4.78 is 5.42. The molecule has 2 saturated carbocycles. The van der Waals surface area contributed by atoms with Crippen molar-refractivity contribution in [3.8, 4) is 11.5 Å². The van der Waals surface area contributed by atoms with Crippen molar-refractivity contribution in [1.82, 2.24) is 10.2 Å². The van der Waals surface area contributed by atoms with Gasteiger partial charge in [0.25, 0.3) is 0 Å². The van der Waals surface area contributed by atoms with E-state index in [4.69, 9.17) is 4.74 Å². The van der Waals surface area contributed by atoms with Crippen molar-refractivity contribution in [2.45, 2.75) is 64.2 Å². The Bertz CT molecular complexity index is 1360. The van der Waals surface area contributed by atoms with Crippen LogP contribution in [-0.4, -0.2) is 34.1 Å². The first-order valence-corrected chi connectivity index (χ1v) is 13.5. The van der Waals surface area contributed by atoms with Crippen LogP contribution in [0.5, 0.6) is 11.5 Å². The lowest BCUT2D eigenvalue weighted by atomic mass is 9.54. The van der Waals surface area contributed by atoms with Gasteiger partial charge in [-0.25, -0.2) is 0 Å². The first kappa shape index (κ1) is 24.0. The summed E-state index contributed by atoms with van der Waals surface area (Å²) in [4.78, 5) is 26.0. The number of hydrogen-bond acceptors (Lipinski definition) is 5. The molecule has 1 heterocycles. The fourth-order valence-corrected chi connectivity index (χ4v) is 7.84. The van der Waals surface area contributed by atoms with Crippen molar-refractivity contribution < 1.29 is 19.4 Å². The van der Waals surface area contributed by atoms with E-state index in [1.54, 1.807) is 13.3 Å². The van der Waals surface area contributed by atoms with Gasteiger partial charge < -0.3 is 15.2 Å². The predicted molar refractivity (Wildman–Crippen MR) is 142 cm³/mol. The number of nitrogens with one attached hydrogen (secondary N) is 2. The fourth-order valence-electron chi connectivity index (χ4n) is 7.84. The van der Waals surface area contributed by atoms with Crippen LogP contribution in [0.2, 0.25) is 0 Å². The number of benzene rings is 2. The summed E-state index contributed by atoms with van der Waals surface area (Å²) in [6, 6.07) is 9.64. The van der Waals surface area contributed by atoms with Gasteiger partial charge in [0.05, 0.1) is 18.8 Å². The molecule has 0 bridgehead atoms. The third-order valence-electron chi connectivity index (χ3n) is 9.57. The second-order valence-electron chi connectivity index (χ2n) is 11.5. The molecule has 2 fully saturated rings. The molecular formula is C30H35N3O4. The molecule has 7 heteroatoms. The Morgan fingerprint density at radius 2 is 2.14 bits per heavy atom. The molecule has 0 saturated heterocycles. The highest BCUT2D eigenvalue weighted by Crippen LogP contribution is 2.62. The number of aryl methyl sites for hydroxylation is 1. The molecule has 0 aliphatic heterocycles. The number of phenols is 1. The van der Waals surface area contributed by atoms with Gasteiger partial charge in [0.2, 0.25) is 5.91 Å². The molecule has 3 aromatic rings. The third-order valence-corrected chi connectivity index (χ3v) is 9.57. The first-order valence-electron chi connectivity index (χ1n) is 13.5. The Kier molecular flexibility index (Phi) is 5.97. The lowest BCUT2D eigenvalue weighted by molar-refractivity contribution is -0.129. The smallest absolute Gasteiger partial charge is 0.224 e. The minimum Gasteiger partial charge on any atom is -0.504 e. The monoisotopic (exact) mass is 501 g/mol. The van der Waals surface area contributed by atoms with Gasteiger partial charge in [-0.1, -0.05) is 6.92 Å². The summed E-state index contributed by atoms with van der Waals surface area (Å²) in [5, 5.41) is 21.3. The number of ketones is 1. The van der Waals surface area contributed by atoms with Crippen LogP contribution in [0, 0.1) is 23.2 Å². The molecule has 1 amide bonds. The van der Waals surface area contributed by atoms with E-state index in [1.165, 1.54) is 11.1 Å². The first-order chi connectivity index (χ1) is 17.9. The van der Waals surface area contributed by atoms with Crippen LogP contribution >= 0.6 is 0 Å². The van der Waals surface area contributed by atoms with Gasteiger partial charge in [0, 0.05) is 29.3 Å². The van der Waals surface area contributed by atoms with Gasteiger partial charge >= 0.3 is 0 Å². The van der Waals surface area contributed by atoms with Gasteiger partial charge in [-0.2, -0.15) is 5.10 Å². The molecule has 3 aliphatic carbocycles. The Morgan fingerprint density at radius 1 is 1.27 bits per heavy atom. The van der Waals surface area contributed by atoms with Crippen LogP contribution < -0.4 is 10.1 Å². The number of aromatic amines is 1. The van der Waals surface area contributed by atoms with E-state index in [-0.39, 0.29) is 17.1 Å². The van der Waals surface area contributed by atoms with Crippen LogP contribution in [-0.2, 0) is 16.0 Å². The molecule has 1 unspecified atom stereocenters. The number of H-pyrrole nitrogens is 1. The number of anilines is 1. The van der Waals surface area contributed by atoms with Crippen molar-refractivity contribution in [2.24, 2.45) is 23.2 Å². The van der Waals surface area contributed by atoms with Gasteiger partial charge in [-0.15, -0.1) is 0 Å². The number of carbonyl (C=O) groups excluding carboxylic acids is 2. The minimum atomic E-state index is -0.258. The second kappa shape index (κ2) is 9.19. The fraction of sp³-hybridized carbons (Fsp3) is 0.500. The molecule has 0 spiro atoms. The van der Waals surface area contributed by atoms with E-state index in [2.05, 4.69) is 22.4 Å². The molecule has 6 rings (SSSR count). The SMILES string of the molecule is COc1cc2c(cc1O)CC[C@H]1[C@@H]3[C@@H](CCCC(=O)Nc4ccc5cn[nH]c5c4)CC(=O)C3(C)CC[C@H]21. The van der Waals surface area contributed by atoms with E-state index in [0.29, 0.717) is 48.0 Å². The van der Waals surface area contributed by atoms with Gasteiger partial charge in [-0.3, -0.25) is 14.7 Å². The zero-order chi connectivity index (χ0) is 25.7. The van der Waals surface area contributed by atoms with Crippen molar-refractivity contribution in [1.29, 1.82) is 0 Å². The van der Waals surface area contributed by atoms with E-state index >= 15 is 0 Å². The van der Waals surface area contributed by atoms with Crippen LogP contribution in [0.25, 0.3) is 10.9 Å². The minimum absolute atomic E-state index is 0.00553. The highest BCUT2D eigenvalue weighted by molar-refractivity contribution is 5.93. The molecular weight excluding hydrogens is 466 g/mol. The van der Waals surface area contributed by atoms with Crippen LogP contribution in [0.4, 0.5) is 5.69 Å². The second-order valence-corrected chi connectivity index (χ2v) is 11.5. The molecule has 1 aromatic heterocycles. The molecule has 194 valence electrons. The average molecular weight is 502 g/mol. The Labute approximate surface area is 217 Å². The maximum Gasteiger partial charge on any atom is 0.224 e.